The van der Waals surface area contributed by atoms with E-state index in [0.717, 1.165) is 61.6 Å². The first-order valence-corrected chi connectivity index (χ1v) is 18.9. The summed E-state index contributed by atoms with van der Waals surface area (Å²) in [7, 11) is 0. The first-order chi connectivity index (χ1) is 27.8. The Morgan fingerprint density at radius 3 is 1.32 bits per heavy atom. The number of hydrogen-bond acceptors (Lipinski definition) is 4. The lowest BCUT2D eigenvalue weighted by molar-refractivity contribution is 0.436. The van der Waals surface area contributed by atoms with E-state index in [0.29, 0.717) is 17.5 Å². The fraction of sp³-hybridized carbons (Fsp3) is 0.0192. The van der Waals surface area contributed by atoms with Crippen LogP contribution in [0.15, 0.2) is 200 Å². The van der Waals surface area contributed by atoms with Crippen molar-refractivity contribution in [3.05, 3.63) is 222 Å². The maximum Gasteiger partial charge on any atom is 0.164 e. The molecule has 0 radical (unpaired) electrons. The Balaban J connectivity index is 1.11. The van der Waals surface area contributed by atoms with Crippen LogP contribution in [0.1, 0.15) is 22.3 Å². The second kappa shape index (κ2) is 12.9. The molecule has 0 amide bonds. The minimum atomic E-state index is -0.519. The zero-order chi connectivity index (χ0) is 37.1. The molecule has 0 atom stereocenters. The minimum Gasteiger partial charge on any atom is -0.457 e. The van der Waals surface area contributed by atoms with Crippen molar-refractivity contribution in [2.45, 2.75) is 5.41 Å². The first kappa shape index (κ1) is 32.0. The molecule has 0 bridgehead atoms. The predicted octanol–water partition coefficient (Wildman–Crippen LogP) is 12.7. The van der Waals surface area contributed by atoms with Gasteiger partial charge in [-0.3, -0.25) is 0 Å². The summed E-state index contributed by atoms with van der Waals surface area (Å²) < 4.78 is 6.87. The predicted molar refractivity (Wildman–Crippen MR) is 224 cm³/mol. The van der Waals surface area contributed by atoms with E-state index >= 15 is 0 Å². The highest BCUT2D eigenvalue weighted by Gasteiger charge is 2.50. The van der Waals surface area contributed by atoms with Crippen LogP contribution >= 0.6 is 0 Å². The molecule has 2 aliphatic rings. The molecule has 1 spiro atoms. The van der Waals surface area contributed by atoms with Gasteiger partial charge in [-0.2, -0.15) is 0 Å². The smallest absolute Gasteiger partial charge is 0.164 e. The van der Waals surface area contributed by atoms with Crippen LogP contribution in [-0.4, -0.2) is 15.0 Å². The minimum absolute atomic E-state index is 0.519. The number of rotatable bonds is 5. The molecular formula is C52H33N3O. The third-order valence-corrected chi connectivity index (χ3v) is 11.2. The van der Waals surface area contributed by atoms with E-state index in [-0.39, 0.29) is 0 Å². The Bertz CT molecular complexity index is 2910. The molecule has 0 fully saturated rings. The van der Waals surface area contributed by atoms with E-state index < -0.39 is 5.41 Å². The van der Waals surface area contributed by atoms with Gasteiger partial charge in [0.1, 0.15) is 11.5 Å². The van der Waals surface area contributed by atoms with Gasteiger partial charge < -0.3 is 4.74 Å². The number of hydrogen-bond donors (Lipinski definition) is 0. The van der Waals surface area contributed by atoms with Crippen molar-refractivity contribution in [2.24, 2.45) is 0 Å². The number of benzene rings is 8. The largest absolute Gasteiger partial charge is 0.457 e. The molecule has 1 aliphatic heterocycles. The van der Waals surface area contributed by atoms with Crippen molar-refractivity contribution in [2.75, 3.05) is 0 Å². The van der Waals surface area contributed by atoms with Gasteiger partial charge in [0, 0.05) is 27.8 Å². The molecule has 1 aromatic heterocycles. The second-order valence-corrected chi connectivity index (χ2v) is 14.3. The number of ether oxygens (including phenoxy) is 1. The zero-order valence-electron chi connectivity index (χ0n) is 30.3. The monoisotopic (exact) mass is 715 g/mol. The standard InChI is InChI=1S/C52H33N3O/c1-3-17-34(18-4-1)37-21-7-9-25-41(37)50-53-49(35-19-5-2-6-20-35)54-51(55-50)42-26-10-8-22-38(42)36-31-32-46-48(33-36)56-47-30-16-15-29-45(47)52(46)43-27-13-11-23-39(43)40-24-12-14-28-44(40)52/h1-33H. The Morgan fingerprint density at radius 2 is 0.714 bits per heavy atom. The van der Waals surface area contributed by atoms with Crippen LogP contribution in [0.2, 0.25) is 0 Å². The molecule has 4 heteroatoms. The highest BCUT2D eigenvalue weighted by atomic mass is 16.5. The van der Waals surface area contributed by atoms with Gasteiger partial charge in [0.15, 0.2) is 17.5 Å². The molecule has 0 unspecified atom stereocenters. The Kier molecular flexibility index (Phi) is 7.36. The third kappa shape index (κ3) is 4.89. The SMILES string of the molecule is c1ccc(-c2nc(-c3ccccc3-c3ccccc3)nc(-c3ccccc3-c3ccc4c(c3)Oc3ccccc3C43c4ccccc4-c4ccccc43)n2)cc1. The van der Waals surface area contributed by atoms with Gasteiger partial charge in [0.2, 0.25) is 0 Å². The summed E-state index contributed by atoms with van der Waals surface area (Å²) in [4.78, 5) is 15.5. The van der Waals surface area contributed by atoms with Crippen LogP contribution in [0.3, 0.4) is 0 Å². The molecule has 0 N–H and O–H groups in total. The zero-order valence-corrected chi connectivity index (χ0v) is 30.3. The average molecular weight is 716 g/mol. The van der Waals surface area contributed by atoms with Crippen LogP contribution in [0.5, 0.6) is 11.5 Å². The molecule has 9 aromatic rings. The Hall–Kier alpha value is -7.43. The van der Waals surface area contributed by atoms with Gasteiger partial charge in [-0.05, 0) is 56.6 Å². The molecule has 1 aliphatic carbocycles. The highest BCUT2D eigenvalue weighted by molar-refractivity contribution is 5.90. The van der Waals surface area contributed by atoms with E-state index in [4.69, 9.17) is 19.7 Å². The maximum atomic E-state index is 6.87. The van der Waals surface area contributed by atoms with Crippen molar-refractivity contribution in [1.29, 1.82) is 0 Å². The normalized spacial score (nSPS) is 12.9. The highest BCUT2D eigenvalue weighted by Crippen LogP contribution is 2.62. The summed E-state index contributed by atoms with van der Waals surface area (Å²) in [6.07, 6.45) is 0. The molecule has 0 saturated carbocycles. The summed E-state index contributed by atoms with van der Waals surface area (Å²) in [6.45, 7) is 0. The Morgan fingerprint density at radius 1 is 0.286 bits per heavy atom. The van der Waals surface area contributed by atoms with Gasteiger partial charge in [0.05, 0.1) is 5.41 Å². The summed E-state index contributed by atoms with van der Waals surface area (Å²) in [5, 5.41) is 0. The fourth-order valence-electron chi connectivity index (χ4n) is 8.84. The van der Waals surface area contributed by atoms with Crippen molar-refractivity contribution in [3.63, 3.8) is 0 Å². The van der Waals surface area contributed by atoms with Crippen molar-refractivity contribution in [3.8, 4) is 79.0 Å². The molecule has 4 nitrogen and oxygen atoms in total. The summed E-state index contributed by atoms with van der Waals surface area (Å²) in [5.41, 5.74) is 13.8. The van der Waals surface area contributed by atoms with E-state index in [1.165, 1.54) is 22.3 Å². The number of para-hydroxylation sites is 1. The fourth-order valence-corrected chi connectivity index (χ4v) is 8.84. The molecule has 0 saturated heterocycles. The molecule has 262 valence electrons. The summed E-state index contributed by atoms with van der Waals surface area (Å²) in [6, 6.07) is 70.0. The molecule has 2 heterocycles. The number of nitrogens with zero attached hydrogens (tertiary/aromatic N) is 3. The summed E-state index contributed by atoms with van der Waals surface area (Å²) >= 11 is 0. The lowest BCUT2D eigenvalue weighted by atomic mass is 9.66. The molecular weight excluding hydrogens is 683 g/mol. The Labute approximate surface area is 325 Å². The van der Waals surface area contributed by atoms with Gasteiger partial charge in [-0.1, -0.05) is 188 Å². The average Bonchev–Trinajstić information content (AvgIpc) is 3.57. The first-order valence-electron chi connectivity index (χ1n) is 18.9. The topological polar surface area (TPSA) is 47.9 Å². The third-order valence-electron chi connectivity index (χ3n) is 11.2. The van der Waals surface area contributed by atoms with Crippen LogP contribution in [0.25, 0.3) is 67.5 Å². The number of aromatic nitrogens is 3. The molecule has 11 rings (SSSR count). The van der Waals surface area contributed by atoms with Crippen molar-refractivity contribution >= 4 is 0 Å². The van der Waals surface area contributed by atoms with Crippen LogP contribution in [-0.2, 0) is 5.41 Å². The van der Waals surface area contributed by atoms with E-state index in [9.17, 15) is 0 Å². The van der Waals surface area contributed by atoms with Crippen LogP contribution in [0.4, 0.5) is 0 Å². The molecule has 56 heavy (non-hydrogen) atoms. The summed E-state index contributed by atoms with van der Waals surface area (Å²) in [5.74, 6) is 3.54. The van der Waals surface area contributed by atoms with Gasteiger partial charge >= 0.3 is 0 Å². The van der Waals surface area contributed by atoms with Crippen molar-refractivity contribution in [1.82, 2.24) is 15.0 Å². The van der Waals surface area contributed by atoms with Gasteiger partial charge in [0.25, 0.3) is 0 Å². The maximum absolute atomic E-state index is 6.87. The molecule has 8 aromatic carbocycles. The van der Waals surface area contributed by atoms with Crippen molar-refractivity contribution < 1.29 is 4.74 Å². The lowest BCUT2D eigenvalue weighted by Gasteiger charge is -2.39. The second-order valence-electron chi connectivity index (χ2n) is 14.3. The van der Waals surface area contributed by atoms with E-state index in [1.807, 2.05) is 42.5 Å². The lowest BCUT2D eigenvalue weighted by Crippen LogP contribution is -2.32. The van der Waals surface area contributed by atoms with Crippen LogP contribution < -0.4 is 4.74 Å². The van der Waals surface area contributed by atoms with E-state index in [1.54, 1.807) is 0 Å². The number of fused-ring (bicyclic) bond motifs is 9. The van der Waals surface area contributed by atoms with Gasteiger partial charge in [-0.15, -0.1) is 0 Å². The van der Waals surface area contributed by atoms with Gasteiger partial charge in [-0.25, -0.2) is 15.0 Å². The van der Waals surface area contributed by atoms with Crippen LogP contribution in [0, 0.1) is 0 Å². The van der Waals surface area contributed by atoms with E-state index in [2.05, 4.69) is 158 Å². The quantitative estimate of drug-likeness (QED) is 0.178.